The third-order valence-corrected chi connectivity index (χ3v) is 3.66. The Morgan fingerprint density at radius 3 is 2.59 bits per heavy atom. The summed E-state index contributed by atoms with van der Waals surface area (Å²) in [6, 6.07) is 0. The number of likely N-dealkylation sites (tertiary alicyclic amines) is 1. The van der Waals surface area contributed by atoms with Crippen molar-refractivity contribution in [3.05, 3.63) is 11.6 Å². The number of esters is 1. The second kappa shape index (κ2) is 5.67. The van der Waals surface area contributed by atoms with Gasteiger partial charge in [-0.25, -0.2) is 4.79 Å². The monoisotopic (exact) mass is 239 g/mol. The van der Waals surface area contributed by atoms with E-state index in [1.54, 1.807) is 0 Å². The average Bonchev–Trinajstić information content (AvgIpc) is 2.72. The van der Waals surface area contributed by atoms with Gasteiger partial charge in [0.05, 0.1) is 7.11 Å². The van der Waals surface area contributed by atoms with Gasteiger partial charge in [0.25, 0.3) is 0 Å². The molecule has 1 aliphatic rings. The van der Waals surface area contributed by atoms with Gasteiger partial charge in [0, 0.05) is 18.7 Å². The van der Waals surface area contributed by atoms with Crippen LogP contribution in [0.3, 0.4) is 0 Å². The number of carbonyl (C=O) groups is 1. The van der Waals surface area contributed by atoms with E-state index in [0.29, 0.717) is 11.0 Å². The maximum Gasteiger partial charge on any atom is 0.333 e. The molecule has 98 valence electrons. The minimum atomic E-state index is -0.225. The molecule has 1 fully saturated rings. The number of carbonyl (C=O) groups excluding carboxylic acids is 1. The smallest absolute Gasteiger partial charge is 0.333 e. The van der Waals surface area contributed by atoms with Crippen molar-refractivity contribution in [1.82, 2.24) is 4.90 Å². The molecule has 0 radical (unpaired) electrons. The van der Waals surface area contributed by atoms with Crippen LogP contribution in [-0.2, 0) is 9.53 Å². The summed E-state index contributed by atoms with van der Waals surface area (Å²) in [4.78, 5) is 13.6. The van der Waals surface area contributed by atoms with Crippen molar-refractivity contribution in [3.8, 4) is 0 Å². The van der Waals surface area contributed by atoms with E-state index < -0.39 is 0 Å². The number of ether oxygens (including phenoxy) is 1. The Morgan fingerprint density at radius 2 is 2.12 bits per heavy atom. The fourth-order valence-electron chi connectivity index (χ4n) is 2.22. The Hall–Kier alpha value is -0.830. The van der Waals surface area contributed by atoms with E-state index in [9.17, 15) is 4.79 Å². The van der Waals surface area contributed by atoms with E-state index in [1.165, 1.54) is 13.5 Å². The maximum atomic E-state index is 11.2. The van der Waals surface area contributed by atoms with Gasteiger partial charge >= 0.3 is 5.97 Å². The van der Waals surface area contributed by atoms with Crippen LogP contribution in [0.4, 0.5) is 0 Å². The van der Waals surface area contributed by atoms with E-state index in [-0.39, 0.29) is 5.97 Å². The summed E-state index contributed by atoms with van der Waals surface area (Å²) >= 11 is 0. The highest BCUT2D eigenvalue weighted by molar-refractivity contribution is 5.87. The lowest BCUT2D eigenvalue weighted by molar-refractivity contribution is -0.136. The minimum absolute atomic E-state index is 0.225. The van der Waals surface area contributed by atoms with E-state index >= 15 is 0 Å². The third kappa shape index (κ3) is 4.15. The van der Waals surface area contributed by atoms with Crippen LogP contribution in [-0.4, -0.2) is 37.6 Å². The number of hydrogen-bond donors (Lipinski definition) is 0. The van der Waals surface area contributed by atoms with Crippen molar-refractivity contribution in [2.24, 2.45) is 11.3 Å². The fourth-order valence-corrected chi connectivity index (χ4v) is 2.22. The van der Waals surface area contributed by atoms with Gasteiger partial charge in [-0.15, -0.1) is 0 Å². The molecular weight excluding hydrogens is 214 g/mol. The van der Waals surface area contributed by atoms with Crippen LogP contribution in [0.1, 0.15) is 34.1 Å². The van der Waals surface area contributed by atoms with Gasteiger partial charge in [0.2, 0.25) is 0 Å². The van der Waals surface area contributed by atoms with Gasteiger partial charge in [0.1, 0.15) is 0 Å². The average molecular weight is 239 g/mol. The molecule has 1 rings (SSSR count). The Labute approximate surface area is 105 Å². The highest BCUT2D eigenvalue weighted by Gasteiger charge is 2.31. The van der Waals surface area contributed by atoms with Crippen LogP contribution in [0, 0.1) is 11.3 Å². The standard InChI is InChI=1S/C14H25NO2/c1-11(13(16)17-5)6-8-15-9-7-12(10-15)14(2,3)4/h6,12H,7-10H2,1-5H3. The number of hydrogen-bond acceptors (Lipinski definition) is 3. The lowest BCUT2D eigenvalue weighted by Gasteiger charge is -2.26. The van der Waals surface area contributed by atoms with Crippen LogP contribution < -0.4 is 0 Å². The summed E-state index contributed by atoms with van der Waals surface area (Å²) in [6.07, 6.45) is 3.23. The summed E-state index contributed by atoms with van der Waals surface area (Å²) in [5.74, 6) is 0.533. The molecule has 0 aliphatic carbocycles. The maximum absolute atomic E-state index is 11.2. The SMILES string of the molecule is COC(=O)C(C)=CCN1CCC(C(C)(C)C)C1. The van der Waals surface area contributed by atoms with Crippen LogP contribution in [0.25, 0.3) is 0 Å². The summed E-state index contributed by atoms with van der Waals surface area (Å²) in [5, 5.41) is 0. The largest absolute Gasteiger partial charge is 0.466 e. The third-order valence-electron chi connectivity index (χ3n) is 3.66. The van der Waals surface area contributed by atoms with Gasteiger partial charge in [-0.1, -0.05) is 26.8 Å². The predicted molar refractivity (Wildman–Crippen MR) is 69.8 cm³/mol. The van der Waals surface area contributed by atoms with Crippen molar-refractivity contribution in [1.29, 1.82) is 0 Å². The van der Waals surface area contributed by atoms with Gasteiger partial charge in [-0.05, 0) is 31.2 Å². The Bertz CT molecular complexity index is 302. The molecule has 3 nitrogen and oxygen atoms in total. The highest BCUT2D eigenvalue weighted by atomic mass is 16.5. The minimum Gasteiger partial charge on any atom is -0.466 e. The summed E-state index contributed by atoms with van der Waals surface area (Å²) < 4.78 is 4.68. The lowest BCUT2D eigenvalue weighted by atomic mass is 9.80. The van der Waals surface area contributed by atoms with Gasteiger partial charge < -0.3 is 4.74 Å². The van der Waals surface area contributed by atoms with E-state index in [4.69, 9.17) is 0 Å². The molecule has 0 aromatic rings. The van der Waals surface area contributed by atoms with Crippen LogP contribution in [0.15, 0.2) is 11.6 Å². The number of methoxy groups -OCH3 is 1. The first-order valence-electron chi connectivity index (χ1n) is 6.32. The topological polar surface area (TPSA) is 29.5 Å². The van der Waals surface area contributed by atoms with Crippen molar-refractivity contribution >= 4 is 5.97 Å². The Balaban J connectivity index is 2.44. The first-order valence-corrected chi connectivity index (χ1v) is 6.32. The number of rotatable bonds is 3. The predicted octanol–water partition coefficient (Wildman–Crippen LogP) is 2.47. The first-order chi connectivity index (χ1) is 7.84. The first kappa shape index (κ1) is 14.2. The van der Waals surface area contributed by atoms with Gasteiger partial charge in [-0.3, -0.25) is 4.90 Å². The van der Waals surface area contributed by atoms with Crippen molar-refractivity contribution in [3.63, 3.8) is 0 Å². The zero-order valence-electron chi connectivity index (χ0n) is 11.7. The molecule has 0 aromatic carbocycles. The summed E-state index contributed by atoms with van der Waals surface area (Å²) in [7, 11) is 1.42. The molecule has 1 aliphatic heterocycles. The normalized spacial score (nSPS) is 22.9. The second-order valence-electron chi connectivity index (χ2n) is 5.99. The van der Waals surface area contributed by atoms with Gasteiger partial charge in [0.15, 0.2) is 0 Å². The van der Waals surface area contributed by atoms with Crippen LogP contribution >= 0.6 is 0 Å². The van der Waals surface area contributed by atoms with Crippen molar-refractivity contribution in [2.45, 2.75) is 34.1 Å². The zero-order valence-corrected chi connectivity index (χ0v) is 11.7. The summed E-state index contributed by atoms with van der Waals surface area (Å²) in [5.41, 5.74) is 1.09. The van der Waals surface area contributed by atoms with E-state index in [1.807, 2.05) is 13.0 Å². The Morgan fingerprint density at radius 1 is 1.47 bits per heavy atom. The molecule has 0 bridgehead atoms. The van der Waals surface area contributed by atoms with Crippen LogP contribution in [0.2, 0.25) is 0 Å². The zero-order chi connectivity index (χ0) is 13.1. The molecule has 0 N–H and O–H groups in total. The van der Waals surface area contributed by atoms with Crippen molar-refractivity contribution < 1.29 is 9.53 Å². The Kier molecular flexibility index (Phi) is 4.75. The van der Waals surface area contributed by atoms with Gasteiger partial charge in [-0.2, -0.15) is 0 Å². The molecule has 3 heteroatoms. The van der Waals surface area contributed by atoms with E-state index in [0.717, 1.165) is 25.6 Å². The molecule has 1 atom stereocenters. The summed E-state index contributed by atoms with van der Waals surface area (Å²) in [6.45, 7) is 11.8. The fraction of sp³-hybridized carbons (Fsp3) is 0.786. The van der Waals surface area contributed by atoms with E-state index in [2.05, 4.69) is 30.4 Å². The lowest BCUT2D eigenvalue weighted by Crippen LogP contribution is -2.26. The second-order valence-corrected chi connectivity index (χ2v) is 5.99. The van der Waals surface area contributed by atoms with Crippen molar-refractivity contribution in [2.75, 3.05) is 26.7 Å². The molecule has 0 spiro atoms. The molecular formula is C14H25NO2. The highest BCUT2D eigenvalue weighted by Crippen LogP contribution is 2.33. The molecule has 0 amide bonds. The molecule has 1 heterocycles. The van der Waals surface area contributed by atoms with Crippen LogP contribution in [0.5, 0.6) is 0 Å². The molecule has 17 heavy (non-hydrogen) atoms. The molecule has 1 saturated heterocycles. The molecule has 0 aromatic heterocycles. The molecule has 0 saturated carbocycles. The number of nitrogens with zero attached hydrogens (tertiary/aromatic N) is 1. The quantitative estimate of drug-likeness (QED) is 0.560. The molecule has 1 unspecified atom stereocenters.